The predicted octanol–water partition coefficient (Wildman–Crippen LogP) is 0.807. The molecule has 0 unspecified atom stereocenters. The van der Waals surface area contributed by atoms with E-state index in [1.54, 1.807) is 24.8 Å². The SMILES string of the molecule is CCOC(=O)CN(CC)CC(=O)Nc1cc(C)no1. The number of amides is 1. The van der Waals surface area contributed by atoms with Gasteiger partial charge < -0.3 is 9.26 Å². The quantitative estimate of drug-likeness (QED) is 0.737. The summed E-state index contributed by atoms with van der Waals surface area (Å²) in [5.74, 6) is -0.301. The van der Waals surface area contributed by atoms with E-state index in [4.69, 9.17) is 9.26 Å². The summed E-state index contributed by atoms with van der Waals surface area (Å²) in [5.41, 5.74) is 0.689. The number of ether oxygens (including phenoxy) is 1. The highest BCUT2D eigenvalue weighted by Crippen LogP contribution is 2.08. The van der Waals surface area contributed by atoms with E-state index in [0.717, 1.165) is 0 Å². The van der Waals surface area contributed by atoms with Gasteiger partial charge in [0.05, 0.1) is 25.4 Å². The standard InChI is InChI=1S/C12H19N3O4/c1-4-15(8-12(17)18-5-2)7-10(16)13-11-6-9(3)14-19-11/h6H,4-5,7-8H2,1-3H3,(H,13,16). The Balaban J connectivity index is 2.42. The average Bonchev–Trinajstić information content (AvgIpc) is 2.74. The molecular formula is C12H19N3O4. The van der Waals surface area contributed by atoms with Crippen LogP contribution in [0, 0.1) is 6.92 Å². The Hall–Kier alpha value is -1.89. The second kappa shape index (κ2) is 7.52. The second-order valence-corrected chi connectivity index (χ2v) is 3.99. The van der Waals surface area contributed by atoms with Crippen LogP contribution in [0.15, 0.2) is 10.6 Å². The molecule has 0 aliphatic rings. The third-order valence-corrected chi connectivity index (χ3v) is 2.36. The van der Waals surface area contributed by atoms with E-state index in [0.29, 0.717) is 24.7 Å². The number of anilines is 1. The number of carbonyl (C=O) groups excluding carboxylic acids is 2. The fourth-order valence-corrected chi connectivity index (χ4v) is 1.47. The van der Waals surface area contributed by atoms with Gasteiger partial charge in [-0.3, -0.25) is 19.8 Å². The summed E-state index contributed by atoms with van der Waals surface area (Å²) >= 11 is 0. The van der Waals surface area contributed by atoms with Crippen LogP contribution in [0.25, 0.3) is 0 Å². The van der Waals surface area contributed by atoms with Gasteiger partial charge in [0, 0.05) is 6.07 Å². The zero-order valence-corrected chi connectivity index (χ0v) is 11.4. The molecule has 0 saturated carbocycles. The van der Waals surface area contributed by atoms with Gasteiger partial charge in [0.15, 0.2) is 0 Å². The number of hydrogen-bond donors (Lipinski definition) is 1. The van der Waals surface area contributed by atoms with Gasteiger partial charge in [-0.05, 0) is 20.4 Å². The summed E-state index contributed by atoms with van der Waals surface area (Å²) in [7, 11) is 0. The van der Waals surface area contributed by atoms with Crippen molar-refractivity contribution in [3.8, 4) is 0 Å². The summed E-state index contributed by atoms with van der Waals surface area (Å²) < 4.78 is 9.71. The lowest BCUT2D eigenvalue weighted by atomic mass is 10.4. The topological polar surface area (TPSA) is 84.7 Å². The molecule has 0 aromatic carbocycles. The number of esters is 1. The first-order chi connectivity index (χ1) is 9.05. The molecule has 0 radical (unpaired) electrons. The molecule has 1 heterocycles. The summed E-state index contributed by atoms with van der Waals surface area (Å²) in [4.78, 5) is 24.7. The van der Waals surface area contributed by atoms with Crippen molar-refractivity contribution in [2.75, 3.05) is 31.6 Å². The Morgan fingerprint density at radius 2 is 2.16 bits per heavy atom. The van der Waals surface area contributed by atoms with Crippen LogP contribution in [0.3, 0.4) is 0 Å². The Morgan fingerprint density at radius 3 is 2.68 bits per heavy atom. The largest absolute Gasteiger partial charge is 0.465 e. The summed E-state index contributed by atoms with van der Waals surface area (Å²) in [6.07, 6.45) is 0. The summed E-state index contributed by atoms with van der Waals surface area (Å²) in [5, 5.41) is 6.24. The molecule has 7 nitrogen and oxygen atoms in total. The maximum atomic E-state index is 11.7. The third-order valence-electron chi connectivity index (χ3n) is 2.36. The first-order valence-electron chi connectivity index (χ1n) is 6.16. The molecular weight excluding hydrogens is 250 g/mol. The molecule has 0 bridgehead atoms. The fourth-order valence-electron chi connectivity index (χ4n) is 1.47. The van der Waals surface area contributed by atoms with Crippen molar-refractivity contribution in [3.05, 3.63) is 11.8 Å². The van der Waals surface area contributed by atoms with Crippen LogP contribution < -0.4 is 5.32 Å². The minimum Gasteiger partial charge on any atom is -0.465 e. The lowest BCUT2D eigenvalue weighted by molar-refractivity contribution is -0.144. The van der Waals surface area contributed by atoms with Crippen molar-refractivity contribution in [2.45, 2.75) is 20.8 Å². The normalized spacial score (nSPS) is 10.5. The van der Waals surface area contributed by atoms with Crippen LogP contribution in [0.2, 0.25) is 0 Å². The van der Waals surface area contributed by atoms with E-state index in [9.17, 15) is 9.59 Å². The highest BCUT2D eigenvalue weighted by Gasteiger charge is 2.14. The van der Waals surface area contributed by atoms with Crippen molar-refractivity contribution >= 4 is 17.8 Å². The molecule has 1 aromatic rings. The molecule has 0 spiro atoms. The molecule has 7 heteroatoms. The minimum atomic E-state index is -0.340. The van der Waals surface area contributed by atoms with E-state index in [-0.39, 0.29) is 25.0 Å². The average molecular weight is 269 g/mol. The molecule has 19 heavy (non-hydrogen) atoms. The second-order valence-electron chi connectivity index (χ2n) is 3.99. The minimum absolute atomic E-state index is 0.0905. The molecule has 106 valence electrons. The number of nitrogens with zero attached hydrogens (tertiary/aromatic N) is 2. The number of carbonyl (C=O) groups is 2. The molecule has 0 atom stereocenters. The number of aryl methyl sites for hydroxylation is 1. The molecule has 0 aliphatic carbocycles. The van der Waals surface area contributed by atoms with E-state index in [1.807, 2.05) is 6.92 Å². The molecule has 0 fully saturated rings. The van der Waals surface area contributed by atoms with E-state index in [1.165, 1.54) is 0 Å². The zero-order chi connectivity index (χ0) is 14.3. The third kappa shape index (κ3) is 5.52. The smallest absolute Gasteiger partial charge is 0.320 e. The van der Waals surface area contributed by atoms with E-state index in [2.05, 4.69) is 10.5 Å². The van der Waals surface area contributed by atoms with Gasteiger partial charge >= 0.3 is 5.97 Å². The van der Waals surface area contributed by atoms with Crippen LogP contribution >= 0.6 is 0 Å². The fraction of sp³-hybridized carbons (Fsp3) is 0.583. The van der Waals surface area contributed by atoms with Crippen molar-refractivity contribution in [3.63, 3.8) is 0 Å². The molecule has 0 saturated heterocycles. The first kappa shape index (κ1) is 15.2. The molecule has 0 aliphatic heterocycles. The van der Waals surface area contributed by atoms with Crippen LogP contribution in [0.1, 0.15) is 19.5 Å². The highest BCUT2D eigenvalue weighted by molar-refractivity contribution is 5.91. The van der Waals surface area contributed by atoms with Crippen LogP contribution in [0.5, 0.6) is 0 Å². The van der Waals surface area contributed by atoms with Gasteiger partial charge in [-0.25, -0.2) is 0 Å². The highest BCUT2D eigenvalue weighted by atomic mass is 16.5. The Labute approximate surface area is 111 Å². The lowest BCUT2D eigenvalue weighted by Crippen LogP contribution is -2.37. The van der Waals surface area contributed by atoms with Gasteiger partial charge in [-0.2, -0.15) is 0 Å². The maximum Gasteiger partial charge on any atom is 0.320 e. The van der Waals surface area contributed by atoms with Crippen molar-refractivity contribution in [1.29, 1.82) is 0 Å². The van der Waals surface area contributed by atoms with Gasteiger partial charge in [0.2, 0.25) is 11.8 Å². The maximum absolute atomic E-state index is 11.7. The molecule has 1 rings (SSSR count). The van der Waals surface area contributed by atoms with Gasteiger partial charge in [-0.15, -0.1) is 0 Å². The van der Waals surface area contributed by atoms with Crippen molar-refractivity contribution < 1.29 is 18.8 Å². The molecule has 1 N–H and O–H groups in total. The number of rotatable bonds is 7. The van der Waals surface area contributed by atoms with E-state index >= 15 is 0 Å². The van der Waals surface area contributed by atoms with Crippen molar-refractivity contribution in [2.24, 2.45) is 0 Å². The van der Waals surface area contributed by atoms with E-state index < -0.39 is 0 Å². The number of aromatic nitrogens is 1. The zero-order valence-electron chi connectivity index (χ0n) is 11.4. The molecule has 1 aromatic heterocycles. The Kier molecular flexibility index (Phi) is 6.01. The van der Waals surface area contributed by atoms with Crippen LogP contribution in [-0.2, 0) is 14.3 Å². The number of nitrogens with one attached hydrogen (secondary N) is 1. The summed E-state index contributed by atoms with van der Waals surface area (Å²) in [6.45, 7) is 6.46. The van der Waals surface area contributed by atoms with Gasteiger partial charge in [0.25, 0.3) is 0 Å². The van der Waals surface area contributed by atoms with Crippen LogP contribution in [-0.4, -0.2) is 48.2 Å². The monoisotopic (exact) mass is 269 g/mol. The molecule has 1 amide bonds. The Morgan fingerprint density at radius 1 is 1.42 bits per heavy atom. The van der Waals surface area contributed by atoms with Gasteiger partial charge in [0.1, 0.15) is 0 Å². The van der Waals surface area contributed by atoms with Crippen molar-refractivity contribution in [1.82, 2.24) is 10.1 Å². The number of hydrogen-bond acceptors (Lipinski definition) is 6. The Bertz CT molecular complexity index is 430. The van der Waals surface area contributed by atoms with Gasteiger partial charge in [-0.1, -0.05) is 12.1 Å². The number of likely N-dealkylation sites (N-methyl/N-ethyl adjacent to an activating group) is 1. The predicted molar refractivity (Wildman–Crippen MR) is 68.6 cm³/mol. The lowest BCUT2D eigenvalue weighted by Gasteiger charge is -2.17. The van der Waals surface area contributed by atoms with Crippen LogP contribution in [0.4, 0.5) is 5.88 Å². The summed E-state index contributed by atoms with van der Waals surface area (Å²) in [6, 6.07) is 1.62. The first-order valence-corrected chi connectivity index (χ1v) is 6.16.